The number of benzene rings is 2. The van der Waals surface area contributed by atoms with Crippen molar-refractivity contribution >= 4 is 15.7 Å². The fourth-order valence-corrected chi connectivity index (χ4v) is 4.91. The van der Waals surface area contributed by atoms with Gasteiger partial charge in [0, 0.05) is 0 Å². The van der Waals surface area contributed by atoms with Gasteiger partial charge in [-0.05, 0) is 47.1 Å². The van der Waals surface area contributed by atoms with E-state index in [2.05, 4.69) is 40.8 Å². The van der Waals surface area contributed by atoms with E-state index in [1.165, 1.54) is 22.3 Å². The molecule has 0 aromatic heterocycles. The second-order valence-corrected chi connectivity index (χ2v) is 9.36. The average molecular weight is 408 g/mol. The topological polar surface area (TPSA) is 90.2 Å². The Kier molecular flexibility index (Phi) is 5.86. The maximum atomic E-state index is 10.5. The third kappa shape index (κ3) is 3.74. The van der Waals surface area contributed by atoms with Gasteiger partial charge in [0.05, 0.1) is 6.61 Å². The van der Waals surface area contributed by atoms with Crippen molar-refractivity contribution < 1.29 is 25.2 Å². The highest BCUT2D eigenvalue weighted by Gasteiger charge is 2.44. The molecule has 1 fully saturated rings. The molecule has 7 heteroatoms. The molecule has 0 spiro atoms. The third-order valence-corrected chi connectivity index (χ3v) is 6.76. The molecular formula is C23H30B2O5. The van der Waals surface area contributed by atoms with Gasteiger partial charge in [-0.15, -0.1) is 0 Å². The number of aryl methyl sites for hydroxylation is 1. The molecule has 5 nitrogen and oxygen atoms in total. The molecule has 0 bridgehead atoms. The summed E-state index contributed by atoms with van der Waals surface area (Å²) in [5, 5.41) is 40.4. The maximum Gasteiger partial charge on any atom is 0.113 e. The van der Waals surface area contributed by atoms with E-state index in [4.69, 9.17) is 4.74 Å². The zero-order valence-electron chi connectivity index (χ0n) is 17.9. The molecule has 5 atom stereocenters. The Morgan fingerprint density at radius 1 is 1.00 bits per heavy atom. The number of hydrogen-bond donors (Lipinski definition) is 4. The van der Waals surface area contributed by atoms with Crippen LogP contribution in [0.25, 0.3) is 0 Å². The first-order valence-corrected chi connectivity index (χ1v) is 10.8. The van der Waals surface area contributed by atoms with Crippen LogP contribution < -0.4 is 0 Å². The standard InChI is InChI=1S/C23H30B2O5/c1-2-13-5-6-14(22-21(29)20(28)19(27)18(11-26)30-22)9-16(13)7-12-3-4-15-10-23(24,25)17(15)8-12/h3-6,8-9,18-22,26-29H,2,7,10-11,24-25H2,1H3/t18-,19-,20+,21-,22+/m1/s1. The van der Waals surface area contributed by atoms with Crippen molar-refractivity contribution in [2.45, 2.75) is 61.9 Å². The van der Waals surface area contributed by atoms with E-state index in [0.29, 0.717) is 0 Å². The zero-order valence-corrected chi connectivity index (χ0v) is 17.9. The highest BCUT2D eigenvalue weighted by atomic mass is 16.5. The highest BCUT2D eigenvalue weighted by molar-refractivity contribution is 6.41. The quantitative estimate of drug-likeness (QED) is 0.493. The summed E-state index contributed by atoms with van der Waals surface area (Å²) >= 11 is 0. The molecule has 0 radical (unpaired) electrons. The minimum absolute atomic E-state index is 0.233. The Morgan fingerprint density at radius 2 is 1.77 bits per heavy atom. The largest absolute Gasteiger partial charge is 0.394 e. The van der Waals surface area contributed by atoms with Gasteiger partial charge in [-0.3, -0.25) is 0 Å². The Balaban J connectivity index is 1.64. The molecule has 2 aliphatic rings. The lowest BCUT2D eigenvalue weighted by Crippen LogP contribution is -2.55. The van der Waals surface area contributed by atoms with Crippen LogP contribution in [0.2, 0.25) is 0 Å². The summed E-state index contributed by atoms with van der Waals surface area (Å²) in [4.78, 5) is 0. The Hall–Kier alpha value is -1.63. The number of aliphatic hydroxyl groups is 4. The molecule has 1 aliphatic heterocycles. The molecule has 158 valence electrons. The van der Waals surface area contributed by atoms with Crippen molar-refractivity contribution in [3.05, 3.63) is 69.8 Å². The fraction of sp³-hybridized carbons (Fsp3) is 0.478. The van der Waals surface area contributed by atoms with Crippen LogP contribution in [-0.4, -0.2) is 67.1 Å². The Bertz CT molecular complexity index is 930. The molecule has 0 saturated carbocycles. The minimum atomic E-state index is -1.37. The van der Waals surface area contributed by atoms with Gasteiger partial charge in [0.25, 0.3) is 0 Å². The number of aliphatic hydroxyl groups excluding tert-OH is 4. The second kappa shape index (κ2) is 8.13. The number of fused-ring (bicyclic) bond motifs is 1. The van der Waals surface area contributed by atoms with Crippen molar-refractivity contribution in [2.24, 2.45) is 0 Å². The van der Waals surface area contributed by atoms with Crippen LogP contribution in [0.15, 0.2) is 36.4 Å². The molecular weight excluding hydrogens is 378 g/mol. The first-order valence-electron chi connectivity index (χ1n) is 10.8. The highest BCUT2D eigenvalue weighted by Crippen LogP contribution is 2.37. The van der Waals surface area contributed by atoms with Crippen molar-refractivity contribution in [2.75, 3.05) is 6.61 Å². The fourth-order valence-electron chi connectivity index (χ4n) is 4.91. The zero-order chi connectivity index (χ0) is 21.6. The van der Waals surface area contributed by atoms with Crippen LogP contribution in [0.4, 0.5) is 0 Å². The molecule has 30 heavy (non-hydrogen) atoms. The van der Waals surface area contributed by atoms with E-state index in [1.807, 2.05) is 18.2 Å². The number of ether oxygens (including phenoxy) is 1. The van der Waals surface area contributed by atoms with Crippen LogP contribution >= 0.6 is 0 Å². The van der Waals surface area contributed by atoms with Gasteiger partial charge in [0.1, 0.15) is 46.2 Å². The van der Waals surface area contributed by atoms with Gasteiger partial charge in [-0.1, -0.05) is 54.1 Å². The first-order chi connectivity index (χ1) is 14.2. The van der Waals surface area contributed by atoms with Gasteiger partial charge >= 0.3 is 0 Å². The van der Waals surface area contributed by atoms with E-state index >= 15 is 0 Å². The molecule has 0 unspecified atom stereocenters. The first kappa shape index (κ1) is 21.6. The maximum absolute atomic E-state index is 10.5. The van der Waals surface area contributed by atoms with Crippen LogP contribution in [0, 0.1) is 0 Å². The lowest BCUT2D eigenvalue weighted by molar-refractivity contribution is -0.231. The number of hydrogen-bond acceptors (Lipinski definition) is 5. The predicted molar refractivity (Wildman–Crippen MR) is 120 cm³/mol. The summed E-state index contributed by atoms with van der Waals surface area (Å²) in [6.07, 6.45) is -2.90. The average Bonchev–Trinajstić information content (AvgIpc) is 2.73. The van der Waals surface area contributed by atoms with E-state index in [-0.39, 0.29) is 5.21 Å². The van der Waals surface area contributed by atoms with Crippen LogP contribution in [0.3, 0.4) is 0 Å². The van der Waals surface area contributed by atoms with E-state index in [9.17, 15) is 20.4 Å². The van der Waals surface area contributed by atoms with Crippen LogP contribution in [0.5, 0.6) is 0 Å². The molecule has 2 aromatic carbocycles. The Morgan fingerprint density at radius 3 is 2.43 bits per heavy atom. The molecule has 0 amide bonds. The molecule has 4 N–H and O–H groups in total. The molecule has 4 rings (SSSR count). The summed E-state index contributed by atoms with van der Waals surface area (Å²) in [5.74, 6) is 0. The third-order valence-electron chi connectivity index (χ3n) is 6.76. The van der Waals surface area contributed by atoms with Crippen molar-refractivity contribution in [3.8, 4) is 0 Å². The summed E-state index contributed by atoms with van der Waals surface area (Å²) in [6, 6.07) is 12.7. The summed E-state index contributed by atoms with van der Waals surface area (Å²) in [7, 11) is 4.55. The van der Waals surface area contributed by atoms with Gasteiger partial charge in [0.2, 0.25) is 0 Å². The monoisotopic (exact) mass is 408 g/mol. The van der Waals surface area contributed by atoms with E-state index in [1.54, 1.807) is 0 Å². The molecule has 1 heterocycles. The van der Waals surface area contributed by atoms with Gasteiger partial charge in [0.15, 0.2) is 0 Å². The minimum Gasteiger partial charge on any atom is -0.394 e. The predicted octanol–water partition coefficient (Wildman–Crippen LogP) is -0.670. The molecule has 1 saturated heterocycles. The summed E-state index contributed by atoms with van der Waals surface area (Å²) in [6.45, 7) is 1.69. The second-order valence-electron chi connectivity index (χ2n) is 9.36. The van der Waals surface area contributed by atoms with Crippen LogP contribution in [0.1, 0.15) is 46.4 Å². The molecule has 1 aliphatic carbocycles. The smallest absolute Gasteiger partial charge is 0.113 e. The van der Waals surface area contributed by atoms with Crippen LogP contribution in [-0.2, 0) is 29.2 Å². The Labute approximate surface area is 179 Å². The SMILES string of the molecule is BC1(B)Cc2ccc(Cc3cc([C@@H]4O[C@H](CO)[C@@H](O)[C@H](O)[C@H]4O)ccc3CC)cc21. The lowest BCUT2D eigenvalue weighted by Gasteiger charge is -2.40. The van der Waals surface area contributed by atoms with E-state index < -0.39 is 37.1 Å². The van der Waals surface area contributed by atoms with Crippen molar-refractivity contribution in [1.82, 2.24) is 0 Å². The molecule has 2 aromatic rings. The summed E-state index contributed by atoms with van der Waals surface area (Å²) < 4.78 is 5.76. The van der Waals surface area contributed by atoms with Gasteiger partial charge < -0.3 is 25.2 Å². The lowest BCUT2D eigenvalue weighted by atomic mass is 9.42. The van der Waals surface area contributed by atoms with Crippen molar-refractivity contribution in [1.29, 1.82) is 0 Å². The number of rotatable bonds is 5. The van der Waals surface area contributed by atoms with Gasteiger partial charge in [-0.2, -0.15) is 0 Å². The normalized spacial score (nSPS) is 29.8. The van der Waals surface area contributed by atoms with E-state index in [0.717, 1.165) is 30.4 Å². The summed E-state index contributed by atoms with van der Waals surface area (Å²) in [5.41, 5.74) is 7.22. The van der Waals surface area contributed by atoms with Gasteiger partial charge in [-0.25, -0.2) is 0 Å². The van der Waals surface area contributed by atoms with Crippen molar-refractivity contribution in [3.63, 3.8) is 0 Å².